The van der Waals surface area contributed by atoms with E-state index in [4.69, 9.17) is 0 Å². The molecule has 1 aromatic rings. The van der Waals surface area contributed by atoms with E-state index in [1.165, 1.54) is 31.9 Å². The summed E-state index contributed by atoms with van der Waals surface area (Å²) in [6.07, 6.45) is 5.98. The predicted molar refractivity (Wildman–Crippen MR) is 96.4 cm³/mol. The molecule has 120 valence electrons. The highest BCUT2D eigenvalue weighted by atomic mass is 32.2. The van der Waals surface area contributed by atoms with Gasteiger partial charge in [-0.25, -0.2) is 8.42 Å². The van der Waals surface area contributed by atoms with Gasteiger partial charge in [0.05, 0.1) is 4.90 Å². The zero-order valence-electron chi connectivity index (χ0n) is 13.1. The molecule has 0 heterocycles. The molecule has 1 aromatic carbocycles. The molecule has 5 heteroatoms. The largest absolute Gasteiger partial charge is 0.224 e. The zero-order chi connectivity index (χ0) is 15.9. The van der Waals surface area contributed by atoms with Gasteiger partial charge < -0.3 is 0 Å². The van der Waals surface area contributed by atoms with Crippen molar-refractivity contribution in [2.24, 2.45) is 5.41 Å². The number of sulfone groups is 1. The van der Waals surface area contributed by atoms with Crippen LogP contribution in [0.5, 0.6) is 0 Å². The van der Waals surface area contributed by atoms with Crippen LogP contribution >= 0.6 is 24.4 Å². The third-order valence-corrected chi connectivity index (χ3v) is 6.85. The highest BCUT2D eigenvalue weighted by molar-refractivity contribution is 7.99. The van der Waals surface area contributed by atoms with E-state index in [1.807, 2.05) is 23.9 Å². The van der Waals surface area contributed by atoms with Crippen molar-refractivity contribution in [1.29, 1.82) is 0 Å². The first kappa shape index (κ1) is 18.9. The molecule has 0 spiro atoms. The highest BCUT2D eigenvalue weighted by Gasteiger charge is 2.26. The summed E-state index contributed by atoms with van der Waals surface area (Å²) in [6, 6.07) is 7.20. The Bertz CT molecular complexity index is 515. The minimum absolute atomic E-state index is 0.285. The van der Waals surface area contributed by atoms with Crippen LogP contribution < -0.4 is 0 Å². The maximum atomic E-state index is 11.5. The first-order chi connectivity index (χ1) is 9.87. The highest BCUT2D eigenvalue weighted by Crippen LogP contribution is 2.37. The van der Waals surface area contributed by atoms with Crippen molar-refractivity contribution in [3.63, 3.8) is 0 Å². The van der Waals surface area contributed by atoms with E-state index >= 15 is 0 Å². The average Bonchev–Trinajstić information content (AvgIpc) is 2.45. The van der Waals surface area contributed by atoms with Crippen LogP contribution in [0.15, 0.2) is 34.1 Å². The maximum Gasteiger partial charge on any atom is 0.175 e. The second-order valence-corrected chi connectivity index (χ2v) is 9.07. The third kappa shape index (κ3) is 5.87. The van der Waals surface area contributed by atoms with Gasteiger partial charge in [-0.1, -0.05) is 26.7 Å². The van der Waals surface area contributed by atoms with Crippen molar-refractivity contribution in [3.8, 4) is 0 Å². The Labute approximate surface area is 139 Å². The van der Waals surface area contributed by atoms with Gasteiger partial charge in [-0.15, -0.1) is 11.8 Å². The number of thioether (sulfide) groups is 1. The van der Waals surface area contributed by atoms with Gasteiger partial charge in [0, 0.05) is 16.9 Å². The third-order valence-electron chi connectivity index (χ3n) is 3.69. The second kappa shape index (κ2) is 8.49. The van der Waals surface area contributed by atoms with Gasteiger partial charge in [-0.3, -0.25) is 0 Å². The Morgan fingerprint density at radius 2 is 1.62 bits per heavy atom. The van der Waals surface area contributed by atoms with Crippen molar-refractivity contribution >= 4 is 34.2 Å². The van der Waals surface area contributed by atoms with E-state index in [1.54, 1.807) is 12.1 Å². The molecular weight excluding hydrogens is 320 g/mol. The lowest BCUT2D eigenvalue weighted by Gasteiger charge is -2.31. The molecule has 0 saturated carbocycles. The van der Waals surface area contributed by atoms with Crippen LogP contribution in [-0.2, 0) is 9.84 Å². The van der Waals surface area contributed by atoms with Crippen molar-refractivity contribution in [1.82, 2.24) is 0 Å². The van der Waals surface area contributed by atoms with E-state index in [2.05, 4.69) is 26.5 Å². The fourth-order valence-corrected chi connectivity index (χ4v) is 4.96. The van der Waals surface area contributed by atoms with Gasteiger partial charge in [-0.05, 0) is 48.3 Å². The molecule has 1 rings (SSSR count). The molecule has 0 saturated heterocycles. The van der Waals surface area contributed by atoms with Crippen LogP contribution in [0.1, 0.15) is 39.5 Å². The lowest BCUT2D eigenvalue weighted by atomic mass is 9.83. The van der Waals surface area contributed by atoms with Crippen LogP contribution in [0.4, 0.5) is 0 Å². The van der Waals surface area contributed by atoms with E-state index in [-0.39, 0.29) is 5.41 Å². The average molecular weight is 347 g/mol. The van der Waals surface area contributed by atoms with Crippen molar-refractivity contribution in [2.75, 3.05) is 17.8 Å². The summed E-state index contributed by atoms with van der Waals surface area (Å²) in [5.41, 5.74) is 0.285. The number of thiol groups is 1. The first-order valence-corrected chi connectivity index (χ1v) is 10.9. The molecule has 0 aliphatic rings. The predicted octanol–water partition coefficient (Wildman–Crippen LogP) is 4.70. The summed E-state index contributed by atoms with van der Waals surface area (Å²) < 4.78 is 22.9. The van der Waals surface area contributed by atoms with Crippen molar-refractivity contribution in [3.05, 3.63) is 24.3 Å². The standard InChI is InChI=1S/C16H26O2S3/c1-4-10-16(12-19,11-5-2)13-20-14-6-8-15(9-7-14)21(3,17)18/h6-9,19H,4-5,10-13H2,1-3H3. The van der Waals surface area contributed by atoms with Crippen LogP contribution in [0, 0.1) is 5.41 Å². The number of hydrogen-bond donors (Lipinski definition) is 1. The lowest BCUT2D eigenvalue weighted by molar-refractivity contribution is 0.318. The van der Waals surface area contributed by atoms with E-state index in [9.17, 15) is 8.42 Å². The Kier molecular flexibility index (Phi) is 7.65. The van der Waals surface area contributed by atoms with Crippen molar-refractivity contribution < 1.29 is 8.42 Å². The van der Waals surface area contributed by atoms with Gasteiger partial charge in [0.2, 0.25) is 0 Å². The van der Waals surface area contributed by atoms with E-state index < -0.39 is 9.84 Å². The molecule has 0 atom stereocenters. The minimum atomic E-state index is -3.11. The fraction of sp³-hybridized carbons (Fsp3) is 0.625. The van der Waals surface area contributed by atoms with Crippen LogP contribution in [0.25, 0.3) is 0 Å². The molecule has 0 fully saturated rings. The summed E-state index contributed by atoms with van der Waals surface area (Å²) in [5, 5.41) is 0. The SMILES string of the molecule is CCCC(CS)(CCC)CSc1ccc(S(C)(=O)=O)cc1. The number of benzene rings is 1. The zero-order valence-corrected chi connectivity index (χ0v) is 15.7. The molecule has 0 N–H and O–H groups in total. The normalized spacial score (nSPS) is 12.6. The summed E-state index contributed by atoms with van der Waals surface area (Å²) in [7, 11) is -3.11. The van der Waals surface area contributed by atoms with Gasteiger partial charge in [0.1, 0.15) is 0 Å². The smallest absolute Gasteiger partial charge is 0.175 e. The summed E-state index contributed by atoms with van der Waals surface area (Å²) in [4.78, 5) is 1.51. The first-order valence-electron chi connectivity index (χ1n) is 7.40. The molecule has 0 radical (unpaired) electrons. The Hall–Kier alpha value is -0.130. The monoisotopic (exact) mass is 346 g/mol. The van der Waals surface area contributed by atoms with E-state index in [0.717, 1.165) is 16.4 Å². The molecule has 0 unspecified atom stereocenters. The van der Waals surface area contributed by atoms with Gasteiger partial charge in [-0.2, -0.15) is 12.6 Å². The molecule has 0 aromatic heterocycles. The van der Waals surface area contributed by atoms with Gasteiger partial charge in [0.25, 0.3) is 0 Å². The van der Waals surface area contributed by atoms with Crippen LogP contribution in [0.2, 0.25) is 0 Å². The van der Waals surface area contributed by atoms with Crippen molar-refractivity contribution in [2.45, 2.75) is 49.3 Å². The molecule has 21 heavy (non-hydrogen) atoms. The molecular formula is C16H26O2S3. The van der Waals surface area contributed by atoms with Gasteiger partial charge in [0.15, 0.2) is 9.84 Å². The molecule has 0 aliphatic heterocycles. The molecule has 0 bridgehead atoms. The topological polar surface area (TPSA) is 34.1 Å². The minimum Gasteiger partial charge on any atom is -0.224 e. The lowest BCUT2D eigenvalue weighted by Crippen LogP contribution is -2.25. The van der Waals surface area contributed by atoms with Crippen LogP contribution in [-0.4, -0.2) is 26.2 Å². The quantitative estimate of drug-likeness (QED) is 0.520. The summed E-state index contributed by atoms with van der Waals surface area (Å²) >= 11 is 6.38. The summed E-state index contributed by atoms with van der Waals surface area (Å²) in [6.45, 7) is 4.44. The number of hydrogen-bond acceptors (Lipinski definition) is 4. The molecule has 0 amide bonds. The van der Waals surface area contributed by atoms with Crippen LogP contribution in [0.3, 0.4) is 0 Å². The molecule has 0 aliphatic carbocycles. The second-order valence-electron chi connectivity index (χ2n) is 5.69. The Balaban J connectivity index is 2.76. The molecule has 2 nitrogen and oxygen atoms in total. The number of rotatable bonds is 9. The summed E-state index contributed by atoms with van der Waals surface area (Å²) in [5.74, 6) is 1.94. The van der Waals surface area contributed by atoms with Gasteiger partial charge >= 0.3 is 0 Å². The van der Waals surface area contributed by atoms with E-state index in [0.29, 0.717) is 4.90 Å². The maximum absolute atomic E-state index is 11.5. The fourth-order valence-electron chi connectivity index (χ4n) is 2.55. The Morgan fingerprint density at radius 1 is 1.10 bits per heavy atom. The Morgan fingerprint density at radius 3 is 2.00 bits per heavy atom.